The molecule has 0 spiro atoms. The van der Waals surface area contributed by atoms with Gasteiger partial charge in [-0.25, -0.2) is 4.39 Å². The molecule has 0 saturated carbocycles. The van der Waals surface area contributed by atoms with Crippen LogP contribution in [0.4, 0.5) is 15.8 Å². The van der Waals surface area contributed by atoms with Crippen molar-refractivity contribution in [2.75, 3.05) is 23.5 Å². The number of para-hydroxylation sites is 1. The molecule has 1 heterocycles. The van der Waals surface area contributed by atoms with Crippen molar-refractivity contribution in [3.8, 4) is 5.75 Å². The minimum Gasteiger partial charge on any atom is -0.497 e. The van der Waals surface area contributed by atoms with E-state index < -0.39 is 11.9 Å². The molecule has 0 aromatic heterocycles. The van der Waals surface area contributed by atoms with Crippen LogP contribution in [0.5, 0.6) is 5.75 Å². The summed E-state index contributed by atoms with van der Waals surface area (Å²) in [6, 6.07) is 19.1. The Hall–Kier alpha value is -3.19. The van der Waals surface area contributed by atoms with Crippen molar-refractivity contribution in [3.63, 3.8) is 0 Å². The van der Waals surface area contributed by atoms with Gasteiger partial charge in [-0.1, -0.05) is 40.2 Å². The van der Waals surface area contributed by atoms with Crippen LogP contribution in [0.1, 0.15) is 11.6 Å². The van der Waals surface area contributed by atoms with E-state index in [1.807, 2.05) is 0 Å². The van der Waals surface area contributed by atoms with Crippen LogP contribution in [0.25, 0.3) is 0 Å². The summed E-state index contributed by atoms with van der Waals surface area (Å²) in [6.07, 6.45) is 0. The van der Waals surface area contributed by atoms with E-state index in [1.165, 1.54) is 21.9 Å². The molecule has 2 amide bonds. The molecule has 0 unspecified atom stereocenters. The molecular weight excluding hydrogens is 451 g/mol. The van der Waals surface area contributed by atoms with Crippen molar-refractivity contribution >= 4 is 39.1 Å². The predicted molar refractivity (Wildman–Crippen MR) is 116 cm³/mol. The van der Waals surface area contributed by atoms with Crippen molar-refractivity contribution in [1.29, 1.82) is 0 Å². The van der Waals surface area contributed by atoms with Crippen LogP contribution in [-0.2, 0) is 9.59 Å². The van der Waals surface area contributed by atoms with Gasteiger partial charge < -0.3 is 4.74 Å². The van der Waals surface area contributed by atoms with Crippen molar-refractivity contribution < 1.29 is 18.7 Å². The number of hydrogen-bond donors (Lipinski definition) is 0. The molecule has 3 aromatic rings. The fourth-order valence-corrected chi connectivity index (χ4v) is 3.80. The van der Waals surface area contributed by atoms with E-state index >= 15 is 0 Å². The molecule has 152 valence electrons. The molecule has 5 nitrogen and oxygen atoms in total. The van der Waals surface area contributed by atoms with Gasteiger partial charge in [0, 0.05) is 10.2 Å². The van der Waals surface area contributed by atoms with Crippen molar-refractivity contribution in [2.45, 2.75) is 6.04 Å². The number of methoxy groups -OCH3 is 1. The Morgan fingerprint density at radius 3 is 2.27 bits per heavy atom. The Labute approximate surface area is 181 Å². The third-order valence-corrected chi connectivity index (χ3v) is 5.53. The predicted octanol–water partition coefficient (Wildman–Crippen LogP) is 4.72. The third kappa shape index (κ3) is 3.68. The first-order chi connectivity index (χ1) is 14.5. The zero-order chi connectivity index (χ0) is 21.3. The summed E-state index contributed by atoms with van der Waals surface area (Å²) in [4.78, 5) is 29.4. The largest absolute Gasteiger partial charge is 0.497 e. The van der Waals surface area contributed by atoms with Crippen molar-refractivity contribution in [1.82, 2.24) is 0 Å². The topological polar surface area (TPSA) is 49.9 Å². The van der Waals surface area contributed by atoms with E-state index in [0.29, 0.717) is 17.0 Å². The molecule has 3 aromatic carbocycles. The Kier molecular flexibility index (Phi) is 5.55. The monoisotopic (exact) mass is 468 g/mol. The summed E-state index contributed by atoms with van der Waals surface area (Å²) < 4.78 is 20.5. The number of hydrogen-bond acceptors (Lipinski definition) is 3. The first-order valence-corrected chi connectivity index (χ1v) is 10.1. The van der Waals surface area contributed by atoms with E-state index in [4.69, 9.17) is 4.74 Å². The molecule has 4 rings (SSSR count). The van der Waals surface area contributed by atoms with Crippen LogP contribution in [0.3, 0.4) is 0 Å². The highest BCUT2D eigenvalue weighted by Crippen LogP contribution is 2.36. The van der Waals surface area contributed by atoms with Crippen LogP contribution in [0.15, 0.2) is 77.3 Å². The average molecular weight is 469 g/mol. The summed E-state index contributed by atoms with van der Waals surface area (Å²) >= 11 is 3.39. The Morgan fingerprint density at radius 2 is 1.63 bits per heavy atom. The van der Waals surface area contributed by atoms with E-state index in [-0.39, 0.29) is 24.0 Å². The van der Waals surface area contributed by atoms with Crippen molar-refractivity contribution in [3.05, 3.63) is 88.6 Å². The van der Waals surface area contributed by atoms with Gasteiger partial charge in [0.1, 0.15) is 24.2 Å². The lowest BCUT2D eigenvalue weighted by Gasteiger charge is -2.40. The fraction of sp³-hybridized carbons (Fsp3) is 0.130. The lowest BCUT2D eigenvalue weighted by molar-refractivity contribution is -0.128. The SMILES string of the molecule is COc1ccc([C@H]2C(=O)N(c3ccccc3F)CC(=O)N2c2ccc(Br)cc2)cc1. The molecule has 30 heavy (non-hydrogen) atoms. The minimum atomic E-state index is -0.932. The quantitative estimate of drug-likeness (QED) is 0.556. The van der Waals surface area contributed by atoms with Gasteiger partial charge >= 0.3 is 0 Å². The number of carbonyl (C=O) groups is 2. The highest BCUT2D eigenvalue weighted by Gasteiger charge is 2.42. The summed E-state index contributed by atoms with van der Waals surface area (Å²) in [5, 5.41) is 0. The average Bonchev–Trinajstić information content (AvgIpc) is 2.76. The Bertz CT molecular complexity index is 1090. The van der Waals surface area contributed by atoms with Gasteiger partial charge in [-0.15, -0.1) is 0 Å². The second-order valence-electron chi connectivity index (χ2n) is 6.79. The van der Waals surface area contributed by atoms with E-state index in [1.54, 1.807) is 67.8 Å². The zero-order valence-electron chi connectivity index (χ0n) is 16.1. The normalized spacial score (nSPS) is 16.7. The van der Waals surface area contributed by atoms with E-state index in [2.05, 4.69) is 15.9 Å². The lowest BCUT2D eigenvalue weighted by Crippen LogP contribution is -2.56. The molecular formula is C23H18BrFN2O3. The number of rotatable bonds is 4. The summed E-state index contributed by atoms with van der Waals surface area (Å²) in [5.74, 6) is -0.604. The molecule has 1 aliphatic heterocycles. The standard InChI is InChI=1S/C23H18BrFN2O3/c1-30-18-12-6-15(7-13-18)22-23(29)26(20-5-3-2-4-19(20)25)14-21(28)27(22)17-10-8-16(24)9-11-17/h2-13,22H,14H2,1H3/t22-/m0/s1. The van der Waals surface area contributed by atoms with E-state index in [0.717, 1.165) is 4.47 Å². The van der Waals surface area contributed by atoms with Crippen LogP contribution in [0, 0.1) is 5.82 Å². The third-order valence-electron chi connectivity index (χ3n) is 5.00. The molecule has 1 saturated heterocycles. The second-order valence-corrected chi connectivity index (χ2v) is 7.71. The molecule has 1 fully saturated rings. The summed E-state index contributed by atoms with van der Waals surface area (Å²) in [7, 11) is 1.55. The number of benzene rings is 3. The second kappa shape index (κ2) is 8.28. The maximum absolute atomic E-state index is 14.4. The molecule has 7 heteroatoms. The van der Waals surface area contributed by atoms with Crippen LogP contribution >= 0.6 is 15.9 Å². The number of nitrogens with zero attached hydrogens (tertiary/aromatic N) is 2. The van der Waals surface area contributed by atoms with Gasteiger partial charge in [0.2, 0.25) is 5.91 Å². The Balaban J connectivity index is 1.82. The first-order valence-electron chi connectivity index (χ1n) is 9.27. The van der Waals surface area contributed by atoms with Gasteiger partial charge in [-0.05, 0) is 54.1 Å². The Morgan fingerprint density at radius 1 is 0.967 bits per heavy atom. The molecule has 0 bridgehead atoms. The van der Waals surface area contributed by atoms with Gasteiger partial charge in [0.15, 0.2) is 0 Å². The van der Waals surface area contributed by atoms with Gasteiger partial charge in [-0.3, -0.25) is 19.4 Å². The van der Waals surface area contributed by atoms with Gasteiger partial charge in [-0.2, -0.15) is 0 Å². The number of anilines is 2. The van der Waals surface area contributed by atoms with Crippen LogP contribution in [0.2, 0.25) is 0 Å². The van der Waals surface area contributed by atoms with Gasteiger partial charge in [0.05, 0.1) is 12.8 Å². The van der Waals surface area contributed by atoms with E-state index in [9.17, 15) is 14.0 Å². The fourth-order valence-electron chi connectivity index (χ4n) is 3.54. The molecule has 0 aliphatic carbocycles. The molecule has 0 radical (unpaired) electrons. The molecule has 0 N–H and O–H groups in total. The maximum atomic E-state index is 14.4. The number of ether oxygens (including phenoxy) is 1. The molecule has 1 aliphatic rings. The number of halogens is 2. The highest BCUT2D eigenvalue weighted by atomic mass is 79.9. The maximum Gasteiger partial charge on any atom is 0.255 e. The summed E-state index contributed by atoms with van der Waals surface area (Å²) in [6.45, 7) is -0.248. The van der Waals surface area contributed by atoms with Crippen LogP contribution in [-0.4, -0.2) is 25.5 Å². The number of amides is 2. The smallest absolute Gasteiger partial charge is 0.255 e. The lowest BCUT2D eigenvalue weighted by atomic mass is 9.99. The minimum absolute atomic E-state index is 0.0878. The highest BCUT2D eigenvalue weighted by molar-refractivity contribution is 9.10. The van der Waals surface area contributed by atoms with Crippen LogP contribution < -0.4 is 14.5 Å². The number of piperazine rings is 1. The first kappa shape index (κ1) is 20.1. The molecule has 1 atom stereocenters. The zero-order valence-corrected chi connectivity index (χ0v) is 17.7. The number of carbonyl (C=O) groups excluding carboxylic acids is 2. The summed E-state index contributed by atoms with van der Waals surface area (Å²) in [5.41, 5.74) is 1.29. The van der Waals surface area contributed by atoms with Gasteiger partial charge in [0.25, 0.3) is 5.91 Å². The van der Waals surface area contributed by atoms with Crippen molar-refractivity contribution in [2.24, 2.45) is 0 Å².